The quantitative estimate of drug-likeness (QED) is 0.769. The number of piperazine rings is 1. The molecule has 0 atom stereocenters. The van der Waals surface area contributed by atoms with Crippen LogP contribution in [0.25, 0.3) is 0 Å². The summed E-state index contributed by atoms with van der Waals surface area (Å²) in [5.41, 5.74) is 0. The van der Waals surface area contributed by atoms with Gasteiger partial charge in [0.1, 0.15) is 0 Å². The molecule has 2 N–H and O–H groups in total. The summed E-state index contributed by atoms with van der Waals surface area (Å²) in [6.07, 6.45) is -1.15. The van der Waals surface area contributed by atoms with E-state index in [1.807, 2.05) is 0 Å². The molecule has 0 bridgehead atoms. The van der Waals surface area contributed by atoms with Crippen molar-refractivity contribution in [1.82, 2.24) is 20.4 Å². The molecule has 3 fully saturated rings. The second-order valence-electron chi connectivity index (χ2n) is 5.34. The normalized spacial score (nSPS) is 26.1. The number of hydrogen-bond donors (Lipinski definition) is 2. The number of hydrogen-bond acceptors (Lipinski definition) is 4. The van der Waals surface area contributed by atoms with Crippen molar-refractivity contribution in [3.8, 4) is 0 Å². The number of nitrogens with one attached hydrogen (secondary N) is 2. The van der Waals surface area contributed by atoms with E-state index in [4.69, 9.17) is 0 Å². The van der Waals surface area contributed by atoms with Crippen molar-refractivity contribution in [1.29, 1.82) is 0 Å². The highest BCUT2D eigenvalue weighted by Crippen LogP contribution is 2.26. The Morgan fingerprint density at radius 1 is 0.947 bits per heavy atom. The van der Waals surface area contributed by atoms with Crippen LogP contribution in [-0.4, -0.2) is 74.5 Å². The molecule has 7 heteroatoms. The van der Waals surface area contributed by atoms with Crippen LogP contribution < -0.4 is 10.6 Å². The van der Waals surface area contributed by atoms with Gasteiger partial charge in [0.25, 0.3) is 0 Å². The highest BCUT2D eigenvalue weighted by atomic mass is 19.4. The van der Waals surface area contributed by atoms with Crippen molar-refractivity contribution < 1.29 is 13.2 Å². The minimum Gasteiger partial charge on any atom is -0.314 e. The van der Waals surface area contributed by atoms with Gasteiger partial charge in [-0.2, -0.15) is 13.2 Å². The van der Waals surface area contributed by atoms with Gasteiger partial charge < -0.3 is 10.6 Å². The van der Waals surface area contributed by atoms with Crippen molar-refractivity contribution in [2.45, 2.75) is 25.1 Å². The van der Waals surface area contributed by atoms with Gasteiger partial charge in [0, 0.05) is 52.0 Å². The summed E-state index contributed by atoms with van der Waals surface area (Å²) in [5.74, 6) is 0. The van der Waals surface area contributed by atoms with Gasteiger partial charge in [0.15, 0.2) is 0 Å². The third-order valence-electron chi connectivity index (χ3n) is 3.57. The first-order valence-electron chi connectivity index (χ1n) is 6.99. The lowest BCUT2D eigenvalue weighted by Crippen LogP contribution is -2.47. The Hall–Kier alpha value is -0.370. The topological polar surface area (TPSA) is 30.5 Å². The van der Waals surface area contributed by atoms with Gasteiger partial charge in [0.2, 0.25) is 0 Å². The fraction of sp³-hybridized carbons (Fsp3) is 1.00. The molecule has 2 aliphatic heterocycles. The lowest BCUT2D eigenvalue weighted by molar-refractivity contribution is -0.146. The Bertz CT molecular complexity index is 256. The van der Waals surface area contributed by atoms with E-state index in [0.717, 1.165) is 12.7 Å². The Kier molecular flexibility index (Phi) is 5.44. The molecule has 2 saturated heterocycles. The van der Waals surface area contributed by atoms with Crippen molar-refractivity contribution in [3.63, 3.8) is 0 Å². The smallest absolute Gasteiger partial charge is 0.314 e. The van der Waals surface area contributed by atoms with Crippen LogP contribution in [0.4, 0.5) is 13.2 Å². The summed E-state index contributed by atoms with van der Waals surface area (Å²) in [5, 5.41) is 6.31. The zero-order chi connectivity index (χ0) is 13.7. The SMILES string of the molecule is C1CN(C2CC2)CN1.FC(F)(F)CN1CCNCC1. The van der Waals surface area contributed by atoms with E-state index < -0.39 is 12.7 Å². The van der Waals surface area contributed by atoms with Gasteiger partial charge in [0.05, 0.1) is 6.54 Å². The third kappa shape index (κ3) is 6.07. The number of rotatable bonds is 2. The maximum absolute atomic E-state index is 11.8. The summed E-state index contributed by atoms with van der Waals surface area (Å²) in [6, 6.07) is 0.963. The van der Waals surface area contributed by atoms with Gasteiger partial charge >= 0.3 is 6.18 Å². The molecule has 19 heavy (non-hydrogen) atoms. The monoisotopic (exact) mass is 280 g/mol. The molecule has 0 unspecified atom stereocenters. The number of halogens is 3. The van der Waals surface area contributed by atoms with Crippen molar-refractivity contribution in [2.24, 2.45) is 0 Å². The molecule has 3 rings (SSSR count). The van der Waals surface area contributed by atoms with E-state index >= 15 is 0 Å². The Labute approximate surface area is 112 Å². The molecule has 3 aliphatic rings. The van der Waals surface area contributed by atoms with Crippen LogP contribution in [-0.2, 0) is 0 Å². The van der Waals surface area contributed by atoms with Crippen LogP contribution in [0.15, 0.2) is 0 Å². The van der Waals surface area contributed by atoms with Crippen LogP contribution in [0.1, 0.15) is 12.8 Å². The molecule has 0 spiro atoms. The maximum Gasteiger partial charge on any atom is 0.401 e. The molecule has 0 aromatic carbocycles. The number of nitrogens with zero attached hydrogens (tertiary/aromatic N) is 2. The highest BCUT2D eigenvalue weighted by molar-refractivity contribution is 4.86. The van der Waals surface area contributed by atoms with Gasteiger partial charge in [-0.25, -0.2) is 0 Å². The molecule has 0 aromatic rings. The average molecular weight is 280 g/mol. The van der Waals surface area contributed by atoms with Crippen LogP contribution >= 0.6 is 0 Å². The third-order valence-corrected chi connectivity index (χ3v) is 3.57. The Morgan fingerprint density at radius 3 is 2.05 bits per heavy atom. The molecule has 0 aromatic heterocycles. The van der Waals surface area contributed by atoms with Crippen LogP contribution in [0, 0.1) is 0 Å². The summed E-state index contributed by atoms with van der Waals surface area (Å²) < 4.78 is 35.3. The molecule has 0 amide bonds. The molecule has 0 radical (unpaired) electrons. The van der Waals surface area contributed by atoms with E-state index in [1.165, 1.54) is 30.8 Å². The molecular formula is C12H23F3N4. The van der Waals surface area contributed by atoms with E-state index in [9.17, 15) is 13.2 Å². The highest BCUT2D eigenvalue weighted by Gasteiger charge is 2.31. The zero-order valence-electron chi connectivity index (χ0n) is 11.2. The summed E-state index contributed by atoms with van der Waals surface area (Å²) in [6.45, 7) is 5.19. The fourth-order valence-electron chi connectivity index (χ4n) is 2.40. The number of alkyl halides is 3. The molecule has 112 valence electrons. The van der Waals surface area contributed by atoms with Gasteiger partial charge in [-0.15, -0.1) is 0 Å². The van der Waals surface area contributed by atoms with Gasteiger partial charge in [-0.3, -0.25) is 9.80 Å². The van der Waals surface area contributed by atoms with Gasteiger partial charge in [-0.05, 0) is 12.8 Å². The molecule has 1 aliphatic carbocycles. The first-order chi connectivity index (χ1) is 9.04. The molecule has 2 heterocycles. The Morgan fingerprint density at radius 2 is 1.58 bits per heavy atom. The standard InChI is InChI=1S/C6H11F3N2.C6H12N2/c7-6(8,9)5-11-3-1-10-2-4-11;1-2-6(1)8-4-3-7-5-8/h10H,1-5H2;6-7H,1-5H2. The predicted molar refractivity (Wildman–Crippen MR) is 68.0 cm³/mol. The minimum absolute atomic E-state index is 0.500. The van der Waals surface area contributed by atoms with Crippen molar-refractivity contribution >= 4 is 0 Å². The molecular weight excluding hydrogens is 257 g/mol. The zero-order valence-corrected chi connectivity index (χ0v) is 11.2. The summed E-state index contributed by atoms with van der Waals surface area (Å²) in [4.78, 5) is 3.94. The predicted octanol–water partition coefficient (Wildman–Crippen LogP) is 0.465. The maximum atomic E-state index is 11.8. The lowest BCUT2D eigenvalue weighted by Gasteiger charge is -2.27. The second kappa shape index (κ2) is 6.88. The molecule has 1 saturated carbocycles. The van der Waals surface area contributed by atoms with E-state index in [2.05, 4.69) is 15.5 Å². The van der Waals surface area contributed by atoms with E-state index in [0.29, 0.717) is 26.2 Å². The van der Waals surface area contributed by atoms with Crippen LogP contribution in [0.2, 0.25) is 0 Å². The summed E-state index contributed by atoms with van der Waals surface area (Å²) >= 11 is 0. The average Bonchev–Trinajstić information content (AvgIpc) is 3.05. The fourth-order valence-corrected chi connectivity index (χ4v) is 2.40. The summed E-state index contributed by atoms with van der Waals surface area (Å²) in [7, 11) is 0. The van der Waals surface area contributed by atoms with E-state index in [-0.39, 0.29) is 0 Å². The van der Waals surface area contributed by atoms with Crippen LogP contribution in [0.3, 0.4) is 0 Å². The minimum atomic E-state index is -4.04. The van der Waals surface area contributed by atoms with Gasteiger partial charge in [-0.1, -0.05) is 0 Å². The van der Waals surface area contributed by atoms with Crippen molar-refractivity contribution in [3.05, 3.63) is 0 Å². The second-order valence-corrected chi connectivity index (χ2v) is 5.34. The first-order valence-corrected chi connectivity index (χ1v) is 6.99. The van der Waals surface area contributed by atoms with Crippen molar-refractivity contribution in [2.75, 3.05) is 52.5 Å². The largest absolute Gasteiger partial charge is 0.401 e. The Balaban J connectivity index is 0.000000146. The molecule has 4 nitrogen and oxygen atoms in total. The first kappa shape index (κ1) is 15.0. The van der Waals surface area contributed by atoms with Crippen LogP contribution in [0.5, 0.6) is 0 Å². The van der Waals surface area contributed by atoms with E-state index in [1.54, 1.807) is 0 Å². The lowest BCUT2D eigenvalue weighted by atomic mass is 10.3.